The number of ketones is 2. The van der Waals surface area contributed by atoms with Gasteiger partial charge in [-0.05, 0) is 25.2 Å². The largest absolute Gasteiger partial charge is 0.324 e. The number of nitrogens with zero attached hydrogens (tertiary/aromatic N) is 1. The predicted octanol–water partition coefficient (Wildman–Crippen LogP) is 3.40. The van der Waals surface area contributed by atoms with E-state index in [1.807, 2.05) is 18.7 Å². The van der Waals surface area contributed by atoms with Gasteiger partial charge in [-0.1, -0.05) is 49.7 Å². The molecule has 1 amide bonds. The summed E-state index contributed by atoms with van der Waals surface area (Å²) in [6, 6.07) is 9.65. The fourth-order valence-corrected chi connectivity index (χ4v) is 3.27. The summed E-state index contributed by atoms with van der Waals surface area (Å²) in [7, 11) is 0. The smallest absolute Gasteiger partial charge is 0.238 e. The van der Waals surface area contributed by atoms with Gasteiger partial charge in [0.2, 0.25) is 5.91 Å². The number of nitrogens with one attached hydrogen (secondary N) is 1. The average molecular weight is 371 g/mol. The van der Waals surface area contributed by atoms with Gasteiger partial charge in [-0.2, -0.15) is 0 Å². The lowest BCUT2D eigenvalue weighted by molar-refractivity contribution is -0.117. The second kappa shape index (κ2) is 7.40. The van der Waals surface area contributed by atoms with Crippen LogP contribution in [0.5, 0.6) is 0 Å². The minimum atomic E-state index is -0.244. The third-order valence-electron chi connectivity index (χ3n) is 4.55. The molecule has 0 bridgehead atoms. The normalized spacial score (nSPS) is 12.8. The van der Waals surface area contributed by atoms with E-state index < -0.39 is 0 Å². The van der Waals surface area contributed by atoms with Gasteiger partial charge >= 0.3 is 0 Å². The molecule has 0 aliphatic heterocycles. The molecule has 0 saturated carbocycles. The lowest BCUT2D eigenvalue weighted by atomic mass is 9.84. The summed E-state index contributed by atoms with van der Waals surface area (Å²) in [5.41, 5.74) is 1.60. The van der Waals surface area contributed by atoms with Crippen LogP contribution in [0.15, 0.2) is 36.4 Å². The Morgan fingerprint density at radius 1 is 0.962 bits per heavy atom. The van der Waals surface area contributed by atoms with Crippen molar-refractivity contribution in [1.29, 1.82) is 0 Å². The van der Waals surface area contributed by atoms with E-state index in [-0.39, 0.29) is 40.2 Å². The first-order chi connectivity index (χ1) is 12.5. The third kappa shape index (κ3) is 3.28. The van der Waals surface area contributed by atoms with Crippen molar-refractivity contribution in [1.82, 2.24) is 4.90 Å². The highest BCUT2D eigenvalue weighted by atomic mass is 35.5. The van der Waals surface area contributed by atoms with Gasteiger partial charge in [0.1, 0.15) is 0 Å². The van der Waals surface area contributed by atoms with Crippen molar-refractivity contribution in [2.45, 2.75) is 13.8 Å². The topological polar surface area (TPSA) is 66.5 Å². The number of fused-ring (bicyclic) bond motifs is 2. The number of hydrogen-bond acceptors (Lipinski definition) is 4. The minimum Gasteiger partial charge on any atom is -0.324 e. The molecule has 0 radical (unpaired) electrons. The molecule has 0 saturated heterocycles. The van der Waals surface area contributed by atoms with Crippen molar-refractivity contribution < 1.29 is 14.4 Å². The third-order valence-corrected chi connectivity index (χ3v) is 4.86. The number of halogens is 1. The molecule has 0 fully saturated rings. The molecule has 1 aliphatic rings. The van der Waals surface area contributed by atoms with Crippen LogP contribution in [0.2, 0.25) is 5.02 Å². The van der Waals surface area contributed by atoms with Gasteiger partial charge in [-0.3, -0.25) is 19.3 Å². The van der Waals surface area contributed by atoms with E-state index in [4.69, 9.17) is 11.6 Å². The molecular weight excluding hydrogens is 352 g/mol. The average Bonchev–Trinajstić information content (AvgIpc) is 2.65. The number of amides is 1. The van der Waals surface area contributed by atoms with Crippen LogP contribution in [-0.4, -0.2) is 42.0 Å². The maximum absolute atomic E-state index is 12.8. The van der Waals surface area contributed by atoms with E-state index >= 15 is 0 Å². The molecule has 3 rings (SSSR count). The first-order valence-electron chi connectivity index (χ1n) is 8.50. The highest BCUT2D eigenvalue weighted by Crippen LogP contribution is 2.33. The Morgan fingerprint density at radius 2 is 1.50 bits per heavy atom. The first-order valence-corrected chi connectivity index (χ1v) is 8.88. The van der Waals surface area contributed by atoms with Crippen LogP contribution in [-0.2, 0) is 4.79 Å². The Kier molecular flexibility index (Phi) is 5.20. The summed E-state index contributed by atoms with van der Waals surface area (Å²) >= 11 is 6.26. The molecule has 134 valence electrons. The van der Waals surface area contributed by atoms with Crippen LogP contribution in [0.3, 0.4) is 0 Å². The zero-order chi connectivity index (χ0) is 18.8. The molecule has 0 aromatic heterocycles. The number of benzene rings is 2. The van der Waals surface area contributed by atoms with Crippen LogP contribution in [0.25, 0.3) is 0 Å². The number of rotatable bonds is 5. The second-order valence-electron chi connectivity index (χ2n) is 6.09. The standard InChI is InChI=1S/C20H19ClN2O3/c1-3-23(4-2)11-18(24)22-17-10-15-14(9-16(17)21)19(25)12-7-5-6-8-13(12)20(15)26/h5-10H,3-4,11H2,1-2H3,(H,22,24). The zero-order valence-corrected chi connectivity index (χ0v) is 15.4. The SMILES string of the molecule is CCN(CC)CC(=O)Nc1cc2c(cc1Cl)C(=O)c1ccccc1C2=O. The van der Waals surface area contributed by atoms with E-state index in [2.05, 4.69) is 5.32 Å². The van der Waals surface area contributed by atoms with Gasteiger partial charge in [-0.15, -0.1) is 0 Å². The lowest BCUT2D eigenvalue weighted by Gasteiger charge is -2.20. The number of hydrogen-bond donors (Lipinski definition) is 1. The van der Waals surface area contributed by atoms with E-state index in [9.17, 15) is 14.4 Å². The summed E-state index contributed by atoms with van der Waals surface area (Å²) in [6.45, 7) is 5.70. The molecule has 1 aliphatic carbocycles. The molecule has 0 heterocycles. The summed E-state index contributed by atoms with van der Waals surface area (Å²) in [4.78, 5) is 39.6. The molecule has 2 aromatic carbocycles. The van der Waals surface area contributed by atoms with Gasteiger partial charge in [0, 0.05) is 22.3 Å². The van der Waals surface area contributed by atoms with E-state index in [0.717, 1.165) is 13.1 Å². The fourth-order valence-electron chi connectivity index (χ4n) is 3.05. The van der Waals surface area contributed by atoms with Crippen LogP contribution in [0, 0.1) is 0 Å². The van der Waals surface area contributed by atoms with Gasteiger partial charge in [-0.25, -0.2) is 0 Å². The van der Waals surface area contributed by atoms with E-state index in [0.29, 0.717) is 16.8 Å². The summed E-state index contributed by atoms with van der Waals surface area (Å²) in [6.07, 6.45) is 0. The monoisotopic (exact) mass is 370 g/mol. The van der Waals surface area contributed by atoms with Gasteiger partial charge < -0.3 is 5.32 Å². The zero-order valence-electron chi connectivity index (χ0n) is 14.6. The van der Waals surface area contributed by atoms with Crippen molar-refractivity contribution in [2.75, 3.05) is 25.0 Å². The quantitative estimate of drug-likeness (QED) is 0.747. The number of carbonyl (C=O) groups excluding carboxylic acids is 3. The molecule has 0 spiro atoms. The molecule has 1 N–H and O–H groups in total. The Balaban J connectivity index is 1.93. The minimum absolute atomic E-state index is 0.217. The molecule has 0 atom stereocenters. The van der Waals surface area contributed by atoms with Crippen molar-refractivity contribution in [3.63, 3.8) is 0 Å². The number of carbonyl (C=O) groups is 3. The van der Waals surface area contributed by atoms with Gasteiger partial charge in [0.25, 0.3) is 0 Å². The van der Waals surface area contributed by atoms with Crippen molar-refractivity contribution in [3.05, 3.63) is 63.7 Å². The van der Waals surface area contributed by atoms with Crippen LogP contribution < -0.4 is 5.32 Å². The first kappa shape index (κ1) is 18.3. The van der Waals surface area contributed by atoms with Gasteiger partial charge in [0.15, 0.2) is 11.6 Å². The number of likely N-dealkylation sites (N-methyl/N-ethyl adjacent to an activating group) is 1. The Labute approximate surface area is 156 Å². The maximum atomic E-state index is 12.8. The molecular formula is C20H19ClN2O3. The Bertz CT molecular complexity index is 904. The highest BCUT2D eigenvalue weighted by molar-refractivity contribution is 6.36. The molecule has 0 unspecified atom stereocenters. The van der Waals surface area contributed by atoms with Crippen molar-refractivity contribution >= 4 is 34.8 Å². The summed E-state index contributed by atoms with van der Waals surface area (Å²) < 4.78 is 0. The maximum Gasteiger partial charge on any atom is 0.238 e. The van der Waals surface area contributed by atoms with Crippen molar-refractivity contribution in [3.8, 4) is 0 Å². The number of anilines is 1. The predicted molar refractivity (Wildman–Crippen MR) is 101 cm³/mol. The van der Waals surface area contributed by atoms with Crippen LogP contribution in [0.1, 0.15) is 45.7 Å². The van der Waals surface area contributed by atoms with Crippen molar-refractivity contribution in [2.24, 2.45) is 0 Å². The Hall–Kier alpha value is -2.50. The fraction of sp³-hybridized carbons (Fsp3) is 0.250. The van der Waals surface area contributed by atoms with E-state index in [1.54, 1.807) is 24.3 Å². The Morgan fingerprint density at radius 3 is 2.04 bits per heavy atom. The molecule has 6 heteroatoms. The lowest BCUT2D eigenvalue weighted by Crippen LogP contribution is -2.33. The molecule has 26 heavy (non-hydrogen) atoms. The van der Waals surface area contributed by atoms with Crippen LogP contribution >= 0.6 is 11.6 Å². The molecule has 2 aromatic rings. The van der Waals surface area contributed by atoms with E-state index in [1.165, 1.54) is 12.1 Å². The summed E-state index contributed by atoms with van der Waals surface area (Å²) in [5.74, 6) is -0.699. The highest BCUT2D eigenvalue weighted by Gasteiger charge is 2.30. The second-order valence-corrected chi connectivity index (χ2v) is 6.50. The van der Waals surface area contributed by atoms with Crippen LogP contribution in [0.4, 0.5) is 5.69 Å². The molecule has 5 nitrogen and oxygen atoms in total. The van der Waals surface area contributed by atoms with Gasteiger partial charge in [0.05, 0.1) is 17.3 Å². The summed E-state index contributed by atoms with van der Waals surface area (Å²) in [5, 5.41) is 2.98.